The van der Waals surface area contributed by atoms with Crippen LogP contribution in [0.1, 0.15) is 36.2 Å². The number of hydrogen-bond acceptors (Lipinski definition) is 4. The summed E-state index contributed by atoms with van der Waals surface area (Å²) in [6, 6.07) is 0. The molecule has 2 rings (SSSR count). The Morgan fingerprint density at radius 1 is 1.60 bits per heavy atom. The van der Waals surface area contributed by atoms with Crippen LogP contribution in [0.4, 0.5) is 0 Å². The molecule has 15 heavy (non-hydrogen) atoms. The maximum Gasteiger partial charge on any atom is 0.296 e. The topological polar surface area (TPSA) is 80.0 Å². The summed E-state index contributed by atoms with van der Waals surface area (Å²) >= 11 is 0. The van der Waals surface area contributed by atoms with Gasteiger partial charge in [0.2, 0.25) is 0 Å². The molecule has 82 valence electrons. The number of aromatic nitrogens is 3. The molecule has 0 aromatic carbocycles. The molecule has 0 aliphatic heterocycles. The highest BCUT2D eigenvalue weighted by atomic mass is 16.5. The molecule has 1 fully saturated rings. The maximum atomic E-state index is 11.0. The highest BCUT2D eigenvalue weighted by molar-refractivity contribution is 5.90. The number of carbonyl (C=O) groups is 1. The summed E-state index contributed by atoms with van der Waals surface area (Å²) in [6.45, 7) is 0.811. The molecule has 0 radical (unpaired) electrons. The van der Waals surface area contributed by atoms with Gasteiger partial charge in [0, 0.05) is 6.54 Å². The van der Waals surface area contributed by atoms with Crippen molar-refractivity contribution in [1.29, 1.82) is 0 Å². The largest absolute Gasteiger partial charge is 0.296 e. The van der Waals surface area contributed by atoms with E-state index in [0.717, 1.165) is 6.54 Å². The fourth-order valence-corrected chi connectivity index (χ4v) is 2.01. The zero-order chi connectivity index (χ0) is 10.7. The summed E-state index contributed by atoms with van der Waals surface area (Å²) in [5, 5.41) is 15.9. The summed E-state index contributed by atoms with van der Waals surface area (Å²) in [7, 11) is 0. The molecule has 1 aliphatic rings. The van der Waals surface area contributed by atoms with Gasteiger partial charge in [-0.1, -0.05) is 18.1 Å². The lowest BCUT2D eigenvalue weighted by Crippen LogP contribution is -2.18. The summed E-state index contributed by atoms with van der Waals surface area (Å²) in [6.07, 6.45) is 6.57. The van der Waals surface area contributed by atoms with Crippen molar-refractivity contribution >= 4 is 5.91 Å². The van der Waals surface area contributed by atoms with Gasteiger partial charge in [0.25, 0.3) is 5.91 Å². The minimum absolute atomic E-state index is 0.149. The average Bonchev–Trinajstić information content (AvgIpc) is 2.88. The van der Waals surface area contributed by atoms with Crippen LogP contribution in [0.2, 0.25) is 0 Å². The first-order chi connectivity index (χ1) is 7.29. The lowest BCUT2D eigenvalue weighted by molar-refractivity contribution is 0.0700. The van der Waals surface area contributed by atoms with Crippen LogP contribution < -0.4 is 5.48 Å². The normalized spacial score (nSPS) is 16.9. The lowest BCUT2D eigenvalue weighted by atomic mass is 10.1. The van der Waals surface area contributed by atoms with Crippen LogP contribution in [0.15, 0.2) is 6.20 Å². The molecule has 1 aromatic heterocycles. The van der Waals surface area contributed by atoms with Crippen LogP contribution in [0.5, 0.6) is 0 Å². The fourth-order valence-electron chi connectivity index (χ4n) is 2.01. The molecule has 0 unspecified atom stereocenters. The molecule has 6 nitrogen and oxygen atoms in total. The van der Waals surface area contributed by atoms with E-state index in [9.17, 15) is 4.79 Å². The molecule has 0 atom stereocenters. The molecule has 1 aromatic rings. The predicted octanol–water partition coefficient (Wildman–Crippen LogP) is 0.587. The zero-order valence-corrected chi connectivity index (χ0v) is 8.39. The molecule has 1 heterocycles. The molecular weight excluding hydrogens is 196 g/mol. The number of hydroxylamine groups is 1. The van der Waals surface area contributed by atoms with E-state index < -0.39 is 5.91 Å². The third-order valence-electron chi connectivity index (χ3n) is 2.79. The molecule has 1 amide bonds. The fraction of sp³-hybridized carbons (Fsp3) is 0.667. The Morgan fingerprint density at radius 2 is 2.33 bits per heavy atom. The molecule has 0 spiro atoms. The lowest BCUT2D eigenvalue weighted by Gasteiger charge is -2.06. The number of nitrogens with zero attached hydrogens (tertiary/aromatic N) is 3. The van der Waals surface area contributed by atoms with Gasteiger partial charge >= 0.3 is 0 Å². The minimum atomic E-state index is -0.618. The molecular formula is C9H14N4O2. The first kappa shape index (κ1) is 10.1. The van der Waals surface area contributed by atoms with Crippen LogP contribution in [0.25, 0.3) is 0 Å². The van der Waals surface area contributed by atoms with Gasteiger partial charge < -0.3 is 0 Å². The standard InChI is InChI=1S/C9H14N4O2/c14-9(11-15)8-6-13(12-10-8)5-7-3-1-2-4-7/h6-7,15H,1-5H2,(H,11,14). The molecule has 6 heteroatoms. The van der Waals surface area contributed by atoms with E-state index in [1.54, 1.807) is 10.9 Å². The molecule has 0 bridgehead atoms. The highest BCUT2D eigenvalue weighted by Crippen LogP contribution is 2.25. The Bertz CT molecular complexity index is 344. The Balaban J connectivity index is 1.97. The SMILES string of the molecule is O=C(NO)c1cn(CC2CCCC2)nn1. The molecule has 0 saturated heterocycles. The van der Waals surface area contributed by atoms with Gasteiger partial charge in [-0.05, 0) is 18.8 Å². The first-order valence-corrected chi connectivity index (χ1v) is 5.14. The summed E-state index contributed by atoms with van der Waals surface area (Å²) in [5.74, 6) is 0.0319. The smallest absolute Gasteiger partial charge is 0.288 e. The van der Waals surface area contributed by atoms with Crippen molar-refractivity contribution in [3.8, 4) is 0 Å². The van der Waals surface area contributed by atoms with E-state index in [2.05, 4.69) is 10.3 Å². The molecule has 2 N–H and O–H groups in total. The van der Waals surface area contributed by atoms with Crippen LogP contribution in [0, 0.1) is 5.92 Å². The van der Waals surface area contributed by atoms with Crippen molar-refractivity contribution in [2.24, 2.45) is 5.92 Å². The minimum Gasteiger partial charge on any atom is -0.288 e. The van der Waals surface area contributed by atoms with Gasteiger partial charge in [-0.25, -0.2) is 5.48 Å². The Kier molecular flexibility index (Phi) is 2.96. The van der Waals surface area contributed by atoms with E-state index in [1.807, 2.05) is 0 Å². The third-order valence-corrected chi connectivity index (χ3v) is 2.79. The van der Waals surface area contributed by atoms with Crippen molar-refractivity contribution in [3.05, 3.63) is 11.9 Å². The second-order valence-electron chi connectivity index (χ2n) is 3.92. The van der Waals surface area contributed by atoms with Crippen molar-refractivity contribution in [1.82, 2.24) is 20.5 Å². The maximum absolute atomic E-state index is 11.0. The van der Waals surface area contributed by atoms with Gasteiger partial charge in [0.1, 0.15) is 0 Å². The van der Waals surface area contributed by atoms with Gasteiger partial charge in [0.15, 0.2) is 5.69 Å². The van der Waals surface area contributed by atoms with Crippen molar-refractivity contribution in [3.63, 3.8) is 0 Å². The number of amides is 1. The van der Waals surface area contributed by atoms with Crippen molar-refractivity contribution < 1.29 is 10.0 Å². The number of nitrogens with one attached hydrogen (secondary N) is 1. The monoisotopic (exact) mass is 210 g/mol. The van der Waals surface area contributed by atoms with Crippen molar-refractivity contribution in [2.45, 2.75) is 32.2 Å². The van der Waals surface area contributed by atoms with E-state index in [-0.39, 0.29) is 5.69 Å². The average molecular weight is 210 g/mol. The molecule has 1 aliphatic carbocycles. The van der Waals surface area contributed by atoms with Crippen LogP contribution >= 0.6 is 0 Å². The molecule has 1 saturated carbocycles. The number of carbonyl (C=O) groups excluding carboxylic acids is 1. The van der Waals surface area contributed by atoms with Gasteiger partial charge in [-0.15, -0.1) is 5.10 Å². The Hall–Kier alpha value is -1.43. The zero-order valence-electron chi connectivity index (χ0n) is 8.39. The quantitative estimate of drug-likeness (QED) is 0.565. The Morgan fingerprint density at radius 3 is 3.00 bits per heavy atom. The van der Waals surface area contributed by atoms with E-state index in [1.165, 1.54) is 31.2 Å². The van der Waals surface area contributed by atoms with Crippen molar-refractivity contribution in [2.75, 3.05) is 0 Å². The van der Waals surface area contributed by atoms with Crippen LogP contribution in [-0.4, -0.2) is 26.1 Å². The van der Waals surface area contributed by atoms with Crippen LogP contribution in [0.3, 0.4) is 0 Å². The third kappa shape index (κ3) is 2.33. The van der Waals surface area contributed by atoms with Gasteiger partial charge in [-0.3, -0.25) is 14.7 Å². The number of rotatable bonds is 3. The summed E-state index contributed by atoms with van der Waals surface area (Å²) in [4.78, 5) is 11.0. The summed E-state index contributed by atoms with van der Waals surface area (Å²) < 4.78 is 1.67. The van der Waals surface area contributed by atoms with E-state index in [4.69, 9.17) is 5.21 Å². The Labute approximate surface area is 87.2 Å². The second kappa shape index (κ2) is 4.39. The van der Waals surface area contributed by atoms with E-state index in [0.29, 0.717) is 5.92 Å². The van der Waals surface area contributed by atoms with E-state index >= 15 is 0 Å². The first-order valence-electron chi connectivity index (χ1n) is 5.14. The van der Waals surface area contributed by atoms with Gasteiger partial charge in [0.05, 0.1) is 6.20 Å². The highest BCUT2D eigenvalue weighted by Gasteiger charge is 2.17. The second-order valence-corrected chi connectivity index (χ2v) is 3.92. The van der Waals surface area contributed by atoms with Gasteiger partial charge in [-0.2, -0.15) is 0 Å². The number of hydrogen-bond donors (Lipinski definition) is 2. The predicted molar refractivity (Wildman–Crippen MR) is 51.2 cm³/mol. The van der Waals surface area contributed by atoms with Crippen LogP contribution in [-0.2, 0) is 6.54 Å². The summed E-state index contributed by atoms with van der Waals surface area (Å²) in [5.41, 5.74) is 1.68.